The molecule has 0 heterocycles. The predicted molar refractivity (Wildman–Crippen MR) is 81.3 cm³/mol. The zero-order valence-electron chi connectivity index (χ0n) is 12.3. The van der Waals surface area contributed by atoms with Crippen molar-refractivity contribution in [2.24, 2.45) is 0 Å². The van der Waals surface area contributed by atoms with Crippen LogP contribution in [0.5, 0.6) is 11.5 Å². The van der Waals surface area contributed by atoms with Gasteiger partial charge in [-0.25, -0.2) is 0 Å². The van der Waals surface area contributed by atoms with E-state index in [-0.39, 0.29) is 4.90 Å². The summed E-state index contributed by atoms with van der Waals surface area (Å²) in [5, 5.41) is 0. The van der Waals surface area contributed by atoms with E-state index in [2.05, 4.69) is 0 Å². The molecule has 0 N–H and O–H groups in total. The lowest BCUT2D eigenvalue weighted by molar-refractivity contribution is 0.340. The van der Waals surface area contributed by atoms with Crippen LogP contribution in [0.3, 0.4) is 0 Å². The highest BCUT2D eigenvalue weighted by atomic mass is 32.2. The average Bonchev–Trinajstić information content (AvgIpc) is 2.44. The number of hydrogen-bond acceptors (Lipinski definition) is 4. The molecule has 2 aromatic carbocycles. The van der Waals surface area contributed by atoms with Crippen LogP contribution < -0.4 is 8.92 Å². The van der Waals surface area contributed by atoms with Crippen LogP contribution in [0.4, 0.5) is 0 Å². The fourth-order valence-corrected chi connectivity index (χ4v) is 2.81. The normalized spacial score (nSPS) is 11.2. The molecule has 0 fully saturated rings. The Balaban J connectivity index is 2.27. The third kappa shape index (κ3) is 3.76. The Morgan fingerprint density at radius 2 is 1.67 bits per heavy atom. The van der Waals surface area contributed by atoms with Crippen LogP contribution in [0.1, 0.15) is 18.1 Å². The number of aryl methyl sites for hydroxylation is 2. The van der Waals surface area contributed by atoms with Gasteiger partial charge < -0.3 is 8.92 Å². The molecule has 4 nitrogen and oxygen atoms in total. The first kappa shape index (κ1) is 15.4. The van der Waals surface area contributed by atoms with E-state index in [4.69, 9.17) is 8.92 Å². The maximum absolute atomic E-state index is 12.3. The van der Waals surface area contributed by atoms with Crippen LogP contribution in [0, 0.1) is 13.8 Å². The summed E-state index contributed by atoms with van der Waals surface area (Å²) in [7, 11) is -3.84. The number of benzene rings is 2. The molecule has 0 amide bonds. The van der Waals surface area contributed by atoms with Gasteiger partial charge in [0, 0.05) is 0 Å². The van der Waals surface area contributed by atoms with Crippen molar-refractivity contribution in [2.75, 3.05) is 6.61 Å². The number of ether oxygens (including phenoxy) is 1. The Hall–Kier alpha value is -2.01. The largest absolute Gasteiger partial charge is 0.494 e. The van der Waals surface area contributed by atoms with E-state index >= 15 is 0 Å². The molecule has 0 aliphatic rings. The Labute approximate surface area is 125 Å². The zero-order valence-corrected chi connectivity index (χ0v) is 13.1. The zero-order chi connectivity index (χ0) is 15.5. The van der Waals surface area contributed by atoms with Gasteiger partial charge in [0.25, 0.3) is 0 Å². The molecule has 21 heavy (non-hydrogen) atoms. The SMILES string of the molecule is CCOc1ccc(S(=O)(=O)Oc2cc(C)ccc2C)cc1. The molecule has 0 saturated carbocycles. The van der Waals surface area contributed by atoms with Crippen molar-refractivity contribution in [3.05, 3.63) is 53.6 Å². The highest BCUT2D eigenvalue weighted by Crippen LogP contribution is 2.24. The molecular formula is C16H18O4S. The number of hydrogen-bond donors (Lipinski definition) is 0. The molecule has 5 heteroatoms. The van der Waals surface area contributed by atoms with Crippen LogP contribution in [0.25, 0.3) is 0 Å². The monoisotopic (exact) mass is 306 g/mol. The summed E-state index contributed by atoms with van der Waals surface area (Å²) in [5.41, 5.74) is 1.72. The van der Waals surface area contributed by atoms with Crippen LogP contribution in [0.2, 0.25) is 0 Å². The molecule has 0 aromatic heterocycles. The van der Waals surface area contributed by atoms with Gasteiger partial charge in [-0.05, 0) is 62.2 Å². The third-order valence-electron chi connectivity index (χ3n) is 2.97. The van der Waals surface area contributed by atoms with Gasteiger partial charge in [0.15, 0.2) is 0 Å². The summed E-state index contributed by atoms with van der Waals surface area (Å²) in [6.45, 7) is 6.09. The van der Waals surface area contributed by atoms with Crippen LogP contribution in [0.15, 0.2) is 47.4 Å². The molecule has 2 aromatic rings. The molecule has 0 spiro atoms. The van der Waals surface area contributed by atoms with Gasteiger partial charge in [0.2, 0.25) is 0 Å². The van der Waals surface area contributed by atoms with E-state index in [1.807, 2.05) is 32.9 Å². The first-order valence-electron chi connectivity index (χ1n) is 6.67. The second-order valence-corrected chi connectivity index (χ2v) is 6.26. The molecule has 0 atom stereocenters. The minimum absolute atomic E-state index is 0.104. The molecule has 0 radical (unpaired) electrons. The summed E-state index contributed by atoms with van der Waals surface area (Å²) < 4.78 is 35.1. The fraction of sp³-hybridized carbons (Fsp3) is 0.250. The minimum Gasteiger partial charge on any atom is -0.494 e. The van der Waals surface area contributed by atoms with Gasteiger partial charge in [-0.2, -0.15) is 8.42 Å². The van der Waals surface area contributed by atoms with E-state index in [9.17, 15) is 8.42 Å². The van der Waals surface area contributed by atoms with Gasteiger partial charge in [-0.1, -0.05) is 12.1 Å². The van der Waals surface area contributed by atoms with Crippen molar-refractivity contribution < 1.29 is 17.3 Å². The maximum atomic E-state index is 12.3. The minimum atomic E-state index is -3.84. The molecule has 0 saturated heterocycles. The third-order valence-corrected chi connectivity index (χ3v) is 4.22. The molecule has 0 aliphatic carbocycles. The van der Waals surface area contributed by atoms with Crippen LogP contribution in [-0.4, -0.2) is 15.0 Å². The second-order valence-electron chi connectivity index (χ2n) is 4.71. The van der Waals surface area contributed by atoms with E-state index in [1.165, 1.54) is 12.1 Å². The first-order valence-corrected chi connectivity index (χ1v) is 8.08. The fourth-order valence-electron chi connectivity index (χ4n) is 1.83. The highest BCUT2D eigenvalue weighted by molar-refractivity contribution is 7.87. The van der Waals surface area contributed by atoms with E-state index in [0.29, 0.717) is 18.1 Å². The van der Waals surface area contributed by atoms with E-state index < -0.39 is 10.1 Å². The van der Waals surface area contributed by atoms with Crippen molar-refractivity contribution in [3.63, 3.8) is 0 Å². The van der Waals surface area contributed by atoms with Crippen molar-refractivity contribution in [3.8, 4) is 11.5 Å². The van der Waals surface area contributed by atoms with Gasteiger partial charge in [-0.3, -0.25) is 0 Å². The molecular weight excluding hydrogens is 288 g/mol. The van der Waals surface area contributed by atoms with Gasteiger partial charge in [-0.15, -0.1) is 0 Å². The van der Waals surface area contributed by atoms with Crippen LogP contribution >= 0.6 is 0 Å². The summed E-state index contributed by atoms with van der Waals surface area (Å²) in [5.74, 6) is 0.979. The summed E-state index contributed by atoms with van der Waals surface area (Å²) in [6, 6.07) is 11.6. The standard InChI is InChI=1S/C16H18O4S/c1-4-19-14-7-9-15(10-8-14)21(17,18)20-16-11-12(2)5-6-13(16)3/h5-11H,4H2,1-3H3. The van der Waals surface area contributed by atoms with Crippen LogP contribution in [-0.2, 0) is 10.1 Å². The summed E-state index contributed by atoms with van der Waals surface area (Å²) >= 11 is 0. The van der Waals surface area contributed by atoms with Gasteiger partial charge >= 0.3 is 10.1 Å². The van der Waals surface area contributed by atoms with E-state index in [0.717, 1.165) is 11.1 Å². The Morgan fingerprint density at radius 3 is 2.29 bits per heavy atom. The Morgan fingerprint density at radius 1 is 1.00 bits per heavy atom. The highest BCUT2D eigenvalue weighted by Gasteiger charge is 2.17. The quantitative estimate of drug-likeness (QED) is 0.794. The van der Waals surface area contributed by atoms with Gasteiger partial charge in [0.1, 0.15) is 16.4 Å². The van der Waals surface area contributed by atoms with Gasteiger partial charge in [0.05, 0.1) is 6.61 Å². The first-order chi connectivity index (χ1) is 9.92. The Kier molecular flexibility index (Phi) is 4.53. The topological polar surface area (TPSA) is 52.6 Å². The molecule has 0 bridgehead atoms. The number of rotatable bonds is 5. The lowest BCUT2D eigenvalue weighted by Gasteiger charge is -2.10. The van der Waals surface area contributed by atoms with Crippen molar-refractivity contribution in [2.45, 2.75) is 25.7 Å². The predicted octanol–water partition coefficient (Wildman–Crippen LogP) is 3.47. The summed E-state index contributed by atoms with van der Waals surface area (Å²) in [6.07, 6.45) is 0. The molecule has 0 aliphatic heterocycles. The maximum Gasteiger partial charge on any atom is 0.339 e. The lowest BCUT2D eigenvalue weighted by Crippen LogP contribution is -2.10. The average molecular weight is 306 g/mol. The Bertz CT molecular complexity index is 718. The second kappa shape index (κ2) is 6.18. The summed E-state index contributed by atoms with van der Waals surface area (Å²) in [4.78, 5) is 0.104. The molecule has 2 rings (SSSR count). The lowest BCUT2D eigenvalue weighted by atomic mass is 10.1. The van der Waals surface area contributed by atoms with Crippen molar-refractivity contribution >= 4 is 10.1 Å². The van der Waals surface area contributed by atoms with E-state index in [1.54, 1.807) is 18.2 Å². The smallest absolute Gasteiger partial charge is 0.339 e. The molecule has 0 unspecified atom stereocenters. The van der Waals surface area contributed by atoms with Crippen molar-refractivity contribution in [1.82, 2.24) is 0 Å². The molecule has 112 valence electrons. The van der Waals surface area contributed by atoms with Crippen molar-refractivity contribution in [1.29, 1.82) is 0 Å².